The highest BCUT2D eigenvalue weighted by Crippen LogP contribution is 2.15. The number of halogens is 2. The zero-order valence-electron chi connectivity index (χ0n) is 15.2. The largest absolute Gasteiger partial charge is 0.387 e. The third-order valence-corrected chi connectivity index (χ3v) is 3.62. The summed E-state index contributed by atoms with van der Waals surface area (Å²) in [6.45, 7) is 7.35. The number of aliphatic imine (C=N–C) groups is 1. The smallest absolute Gasteiger partial charge is 0.191 e. The van der Waals surface area contributed by atoms with Gasteiger partial charge in [0.1, 0.15) is 12.4 Å². The van der Waals surface area contributed by atoms with E-state index in [4.69, 9.17) is 4.52 Å². The Hall–Kier alpha value is -1.68. The molecule has 0 saturated carbocycles. The lowest BCUT2D eigenvalue weighted by Gasteiger charge is -2.15. The van der Waals surface area contributed by atoms with Crippen LogP contribution in [0.5, 0.6) is 0 Å². The van der Waals surface area contributed by atoms with Crippen molar-refractivity contribution in [2.24, 2.45) is 4.99 Å². The molecular formula is C18H26FIN4O2. The summed E-state index contributed by atoms with van der Waals surface area (Å²) in [6, 6.07) is 7.68. The molecule has 1 atom stereocenters. The average molecular weight is 476 g/mol. The fraction of sp³-hybridized carbons (Fsp3) is 0.444. The number of hydrogen-bond donors (Lipinski definition) is 3. The Balaban J connectivity index is 0.00000338. The third kappa shape index (κ3) is 6.91. The van der Waals surface area contributed by atoms with Gasteiger partial charge in [-0.1, -0.05) is 31.1 Å². The molecule has 1 aromatic heterocycles. The first-order valence-corrected chi connectivity index (χ1v) is 8.40. The molecule has 0 bridgehead atoms. The number of nitrogens with zero attached hydrogens (tertiary/aromatic N) is 2. The first-order chi connectivity index (χ1) is 12.0. The first-order valence-electron chi connectivity index (χ1n) is 8.40. The van der Waals surface area contributed by atoms with E-state index in [1.54, 1.807) is 12.1 Å². The maximum Gasteiger partial charge on any atom is 0.191 e. The van der Waals surface area contributed by atoms with E-state index in [9.17, 15) is 9.50 Å². The van der Waals surface area contributed by atoms with E-state index in [0.717, 1.165) is 5.69 Å². The lowest BCUT2D eigenvalue weighted by atomic mass is 10.1. The minimum Gasteiger partial charge on any atom is -0.387 e. The number of aromatic nitrogens is 1. The van der Waals surface area contributed by atoms with E-state index in [1.807, 2.05) is 26.8 Å². The number of nitrogens with one attached hydrogen (secondary N) is 2. The quantitative estimate of drug-likeness (QED) is 0.325. The third-order valence-electron chi connectivity index (χ3n) is 3.62. The molecule has 1 aromatic carbocycles. The molecule has 1 unspecified atom stereocenters. The van der Waals surface area contributed by atoms with Crippen LogP contribution >= 0.6 is 24.0 Å². The van der Waals surface area contributed by atoms with E-state index < -0.39 is 6.10 Å². The van der Waals surface area contributed by atoms with Gasteiger partial charge in [-0.05, 0) is 30.5 Å². The van der Waals surface area contributed by atoms with Crippen LogP contribution in [0.15, 0.2) is 39.8 Å². The number of hydrogen-bond acceptors (Lipinski definition) is 4. The zero-order valence-corrected chi connectivity index (χ0v) is 17.5. The number of benzene rings is 1. The van der Waals surface area contributed by atoms with E-state index in [0.29, 0.717) is 36.3 Å². The molecule has 2 rings (SSSR count). The summed E-state index contributed by atoms with van der Waals surface area (Å²) in [5.74, 6) is 1.22. The van der Waals surface area contributed by atoms with Crippen molar-refractivity contribution in [1.82, 2.24) is 15.8 Å². The van der Waals surface area contributed by atoms with E-state index in [1.165, 1.54) is 12.1 Å². The standard InChI is InChI=1S/C18H25FN4O2.HI/c1-4-20-18(21-10-15-9-16(12(2)3)23-25-15)22-11-17(24)13-5-7-14(19)8-6-13;/h5-9,12,17,24H,4,10-11H2,1-3H3,(H2,20,21,22);1H. The van der Waals surface area contributed by atoms with Crippen LogP contribution in [-0.2, 0) is 6.54 Å². The van der Waals surface area contributed by atoms with Crippen molar-refractivity contribution in [3.05, 3.63) is 53.2 Å². The van der Waals surface area contributed by atoms with Crippen molar-refractivity contribution >= 4 is 29.9 Å². The molecule has 26 heavy (non-hydrogen) atoms. The molecule has 0 saturated heterocycles. The highest BCUT2D eigenvalue weighted by Gasteiger charge is 2.10. The van der Waals surface area contributed by atoms with Gasteiger partial charge in [-0.2, -0.15) is 0 Å². The Labute approximate surface area is 170 Å². The van der Waals surface area contributed by atoms with Crippen LogP contribution in [0, 0.1) is 5.82 Å². The van der Waals surface area contributed by atoms with Crippen LogP contribution in [-0.4, -0.2) is 29.3 Å². The van der Waals surface area contributed by atoms with Gasteiger partial charge < -0.3 is 20.3 Å². The van der Waals surface area contributed by atoms with Gasteiger partial charge in [0, 0.05) is 19.2 Å². The molecule has 144 valence electrons. The molecule has 1 heterocycles. The molecule has 6 nitrogen and oxygen atoms in total. The van der Waals surface area contributed by atoms with Crippen LogP contribution in [0.1, 0.15) is 49.8 Å². The highest BCUT2D eigenvalue weighted by atomic mass is 127. The molecular weight excluding hydrogens is 450 g/mol. The maximum absolute atomic E-state index is 12.9. The van der Waals surface area contributed by atoms with E-state index in [2.05, 4.69) is 20.8 Å². The molecule has 0 amide bonds. The SMILES string of the molecule is CCNC(=NCc1cc(C(C)C)no1)NCC(O)c1ccc(F)cc1.I. The van der Waals surface area contributed by atoms with E-state index >= 15 is 0 Å². The lowest BCUT2D eigenvalue weighted by molar-refractivity contribution is 0.180. The predicted molar refractivity (Wildman–Crippen MR) is 110 cm³/mol. The Bertz CT molecular complexity index is 689. The average Bonchev–Trinajstić information content (AvgIpc) is 3.07. The fourth-order valence-electron chi connectivity index (χ4n) is 2.17. The fourth-order valence-corrected chi connectivity index (χ4v) is 2.17. The number of aliphatic hydroxyl groups excluding tert-OH is 1. The van der Waals surface area contributed by atoms with Crippen LogP contribution in [0.2, 0.25) is 0 Å². The Morgan fingerprint density at radius 2 is 1.96 bits per heavy atom. The summed E-state index contributed by atoms with van der Waals surface area (Å²) in [6.07, 6.45) is -0.762. The van der Waals surface area contributed by atoms with Crippen LogP contribution < -0.4 is 10.6 Å². The van der Waals surface area contributed by atoms with Crippen molar-refractivity contribution < 1.29 is 14.0 Å². The van der Waals surface area contributed by atoms with Crippen LogP contribution in [0.4, 0.5) is 4.39 Å². The van der Waals surface area contributed by atoms with Crippen molar-refractivity contribution in [2.75, 3.05) is 13.1 Å². The second-order valence-corrected chi connectivity index (χ2v) is 6.02. The molecule has 0 aliphatic carbocycles. The van der Waals surface area contributed by atoms with Gasteiger partial charge in [0.15, 0.2) is 11.7 Å². The summed E-state index contributed by atoms with van der Waals surface area (Å²) in [5.41, 5.74) is 1.54. The molecule has 0 aliphatic heterocycles. The second kappa shape index (κ2) is 11.1. The first kappa shape index (κ1) is 22.4. The normalized spacial score (nSPS) is 12.6. The van der Waals surface area contributed by atoms with Gasteiger partial charge in [-0.25, -0.2) is 9.38 Å². The Morgan fingerprint density at radius 3 is 2.54 bits per heavy atom. The summed E-state index contributed by atoms with van der Waals surface area (Å²) >= 11 is 0. The maximum atomic E-state index is 12.9. The Morgan fingerprint density at radius 1 is 1.27 bits per heavy atom. The molecule has 0 fully saturated rings. The topological polar surface area (TPSA) is 82.7 Å². The predicted octanol–water partition coefficient (Wildman–Crippen LogP) is 3.34. The molecule has 2 aromatic rings. The minimum atomic E-state index is -0.762. The van der Waals surface area contributed by atoms with Crippen LogP contribution in [0.25, 0.3) is 0 Å². The number of aliphatic hydroxyl groups is 1. The van der Waals surface area contributed by atoms with E-state index in [-0.39, 0.29) is 36.3 Å². The van der Waals surface area contributed by atoms with Crippen molar-refractivity contribution in [3.63, 3.8) is 0 Å². The van der Waals surface area contributed by atoms with Crippen molar-refractivity contribution in [3.8, 4) is 0 Å². The monoisotopic (exact) mass is 476 g/mol. The minimum absolute atomic E-state index is 0. The van der Waals surface area contributed by atoms with Gasteiger partial charge >= 0.3 is 0 Å². The van der Waals surface area contributed by atoms with Crippen molar-refractivity contribution in [2.45, 2.75) is 39.3 Å². The molecule has 8 heteroatoms. The molecule has 3 N–H and O–H groups in total. The van der Waals surface area contributed by atoms with Gasteiger partial charge in [-0.15, -0.1) is 24.0 Å². The number of guanidine groups is 1. The molecule has 0 aliphatic rings. The Kier molecular flexibility index (Phi) is 9.57. The van der Waals surface area contributed by atoms with Gasteiger partial charge in [0.05, 0.1) is 11.8 Å². The van der Waals surface area contributed by atoms with Crippen molar-refractivity contribution in [1.29, 1.82) is 0 Å². The summed E-state index contributed by atoms with van der Waals surface area (Å²) in [5, 5.41) is 20.4. The van der Waals surface area contributed by atoms with Crippen LogP contribution in [0.3, 0.4) is 0 Å². The summed E-state index contributed by atoms with van der Waals surface area (Å²) in [7, 11) is 0. The molecule has 0 spiro atoms. The summed E-state index contributed by atoms with van der Waals surface area (Å²) in [4.78, 5) is 4.43. The van der Waals surface area contributed by atoms with Gasteiger partial charge in [0.2, 0.25) is 0 Å². The van der Waals surface area contributed by atoms with Gasteiger partial charge in [-0.3, -0.25) is 0 Å². The molecule has 0 radical (unpaired) electrons. The second-order valence-electron chi connectivity index (χ2n) is 6.02. The highest BCUT2D eigenvalue weighted by molar-refractivity contribution is 14.0. The lowest BCUT2D eigenvalue weighted by Crippen LogP contribution is -2.39. The number of rotatable bonds is 7. The zero-order chi connectivity index (χ0) is 18.2. The van der Waals surface area contributed by atoms with Gasteiger partial charge in [0.25, 0.3) is 0 Å². The summed E-state index contributed by atoms with van der Waals surface area (Å²) < 4.78 is 18.2.